The number of nitrogens with zero attached hydrogens (tertiary/aromatic N) is 1. The van der Waals surface area contributed by atoms with E-state index in [-0.39, 0.29) is 12.1 Å². The third kappa shape index (κ3) is 5.31. The van der Waals surface area contributed by atoms with Crippen LogP contribution in [-0.2, 0) is 4.74 Å². The van der Waals surface area contributed by atoms with Crippen LogP contribution < -0.4 is 5.32 Å². The van der Waals surface area contributed by atoms with Gasteiger partial charge in [0.1, 0.15) is 5.60 Å². The van der Waals surface area contributed by atoms with Crippen molar-refractivity contribution in [3.8, 4) is 0 Å². The van der Waals surface area contributed by atoms with Gasteiger partial charge in [-0.25, -0.2) is 4.79 Å². The maximum atomic E-state index is 11.8. The van der Waals surface area contributed by atoms with Gasteiger partial charge in [-0.3, -0.25) is 0 Å². The Labute approximate surface area is 123 Å². The van der Waals surface area contributed by atoms with Gasteiger partial charge in [-0.05, 0) is 58.9 Å². The SMILES string of the molecule is CC(C)(C)OC(=O)NC1CCCN(CC2CCCC2)C1. The number of carbonyl (C=O) groups excluding carboxylic acids is 1. The highest BCUT2D eigenvalue weighted by atomic mass is 16.6. The average Bonchev–Trinajstić information content (AvgIpc) is 2.79. The molecule has 116 valence electrons. The van der Waals surface area contributed by atoms with Crippen molar-refractivity contribution in [2.75, 3.05) is 19.6 Å². The lowest BCUT2D eigenvalue weighted by molar-refractivity contribution is 0.0468. The van der Waals surface area contributed by atoms with Crippen LogP contribution in [-0.4, -0.2) is 42.3 Å². The normalized spacial score (nSPS) is 25.6. The molecular formula is C16H30N2O2. The molecule has 4 nitrogen and oxygen atoms in total. The second-order valence-electron chi connectivity index (χ2n) is 7.40. The molecule has 1 saturated heterocycles. The summed E-state index contributed by atoms with van der Waals surface area (Å²) in [4.78, 5) is 14.4. The zero-order valence-electron chi connectivity index (χ0n) is 13.3. The van der Waals surface area contributed by atoms with E-state index in [1.165, 1.54) is 45.2 Å². The molecule has 1 aliphatic heterocycles. The molecule has 1 heterocycles. The van der Waals surface area contributed by atoms with Gasteiger partial charge >= 0.3 is 6.09 Å². The lowest BCUT2D eigenvalue weighted by Crippen LogP contribution is -2.49. The third-order valence-corrected chi connectivity index (χ3v) is 4.22. The fourth-order valence-corrected chi connectivity index (χ4v) is 3.37. The number of hydrogen-bond acceptors (Lipinski definition) is 3. The van der Waals surface area contributed by atoms with E-state index in [2.05, 4.69) is 10.2 Å². The molecule has 0 bridgehead atoms. The number of piperidine rings is 1. The molecule has 1 saturated carbocycles. The number of nitrogens with one attached hydrogen (secondary N) is 1. The summed E-state index contributed by atoms with van der Waals surface area (Å²) in [7, 11) is 0. The second-order valence-corrected chi connectivity index (χ2v) is 7.40. The number of amides is 1. The van der Waals surface area contributed by atoms with Crippen molar-refractivity contribution in [1.29, 1.82) is 0 Å². The van der Waals surface area contributed by atoms with Crippen molar-refractivity contribution in [2.24, 2.45) is 5.92 Å². The van der Waals surface area contributed by atoms with E-state index in [1.54, 1.807) is 0 Å². The van der Waals surface area contributed by atoms with E-state index in [4.69, 9.17) is 4.74 Å². The molecule has 20 heavy (non-hydrogen) atoms. The standard InChI is InChI=1S/C16H30N2O2/c1-16(2,3)20-15(19)17-14-9-6-10-18(12-14)11-13-7-4-5-8-13/h13-14H,4-12H2,1-3H3,(H,17,19). The largest absolute Gasteiger partial charge is 0.444 e. The Bertz CT molecular complexity index is 319. The highest BCUT2D eigenvalue weighted by Crippen LogP contribution is 2.26. The first-order valence-corrected chi connectivity index (χ1v) is 8.14. The molecule has 1 amide bonds. The Kier molecular flexibility index (Phi) is 5.30. The van der Waals surface area contributed by atoms with Crippen LogP contribution in [0.25, 0.3) is 0 Å². The van der Waals surface area contributed by atoms with Crippen LogP contribution >= 0.6 is 0 Å². The van der Waals surface area contributed by atoms with E-state index in [1.807, 2.05) is 20.8 Å². The van der Waals surface area contributed by atoms with Crippen LogP contribution in [0.2, 0.25) is 0 Å². The number of likely N-dealkylation sites (tertiary alicyclic amines) is 1. The lowest BCUT2D eigenvalue weighted by Gasteiger charge is -2.34. The summed E-state index contributed by atoms with van der Waals surface area (Å²) in [5, 5.41) is 3.03. The van der Waals surface area contributed by atoms with Gasteiger partial charge in [-0.2, -0.15) is 0 Å². The zero-order valence-corrected chi connectivity index (χ0v) is 13.3. The molecule has 1 unspecified atom stereocenters. The highest BCUT2D eigenvalue weighted by molar-refractivity contribution is 5.68. The summed E-state index contributed by atoms with van der Waals surface area (Å²) in [6.45, 7) is 9.09. The molecule has 0 aromatic heterocycles. The summed E-state index contributed by atoms with van der Waals surface area (Å²) in [6, 6.07) is 0.250. The first-order valence-electron chi connectivity index (χ1n) is 8.14. The fourth-order valence-electron chi connectivity index (χ4n) is 3.37. The minimum absolute atomic E-state index is 0.250. The first kappa shape index (κ1) is 15.6. The third-order valence-electron chi connectivity index (χ3n) is 4.22. The van der Waals surface area contributed by atoms with Crippen LogP contribution in [0.3, 0.4) is 0 Å². The van der Waals surface area contributed by atoms with Crippen molar-refractivity contribution in [2.45, 2.75) is 70.9 Å². The minimum atomic E-state index is -0.414. The maximum absolute atomic E-state index is 11.8. The molecular weight excluding hydrogens is 252 g/mol. The monoisotopic (exact) mass is 282 g/mol. The van der Waals surface area contributed by atoms with E-state index in [0.29, 0.717) is 0 Å². The summed E-state index contributed by atoms with van der Waals surface area (Å²) < 4.78 is 5.34. The van der Waals surface area contributed by atoms with Crippen molar-refractivity contribution in [3.63, 3.8) is 0 Å². The number of hydrogen-bond donors (Lipinski definition) is 1. The molecule has 2 fully saturated rings. The Morgan fingerprint density at radius 1 is 1.20 bits per heavy atom. The summed E-state index contributed by atoms with van der Waals surface area (Å²) in [6.07, 6.45) is 7.55. The van der Waals surface area contributed by atoms with Crippen LogP contribution in [0.15, 0.2) is 0 Å². The lowest BCUT2D eigenvalue weighted by atomic mass is 10.0. The van der Waals surface area contributed by atoms with Crippen molar-refractivity contribution >= 4 is 6.09 Å². The van der Waals surface area contributed by atoms with E-state index in [0.717, 1.165) is 18.9 Å². The summed E-state index contributed by atoms with van der Waals surface area (Å²) in [5.41, 5.74) is -0.414. The highest BCUT2D eigenvalue weighted by Gasteiger charge is 2.26. The van der Waals surface area contributed by atoms with Gasteiger partial charge in [0, 0.05) is 19.1 Å². The molecule has 4 heteroatoms. The summed E-state index contributed by atoms with van der Waals surface area (Å²) >= 11 is 0. The number of carbonyl (C=O) groups is 1. The van der Waals surface area contributed by atoms with Gasteiger partial charge in [0.25, 0.3) is 0 Å². The predicted molar refractivity (Wildman–Crippen MR) is 80.8 cm³/mol. The number of ether oxygens (including phenoxy) is 1. The van der Waals surface area contributed by atoms with Crippen molar-refractivity contribution in [1.82, 2.24) is 10.2 Å². The molecule has 2 aliphatic rings. The minimum Gasteiger partial charge on any atom is -0.444 e. The Morgan fingerprint density at radius 3 is 2.55 bits per heavy atom. The van der Waals surface area contributed by atoms with Crippen molar-refractivity contribution in [3.05, 3.63) is 0 Å². The first-order chi connectivity index (χ1) is 9.42. The van der Waals surface area contributed by atoms with Gasteiger partial charge in [0.2, 0.25) is 0 Å². The van der Waals surface area contributed by atoms with Gasteiger partial charge in [0.05, 0.1) is 0 Å². The van der Waals surface area contributed by atoms with Crippen LogP contribution in [0, 0.1) is 5.92 Å². The zero-order chi connectivity index (χ0) is 14.6. The van der Waals surface area contributed by atoms with Crippen molar-refractivity contribution < 1.29 is 9.53 Å². The molecule has 1 N–H and O–H groups in total. The molecule has 1 atom stereocenters. The molecule has 1 aliphatic carbocycles. The molecule has 0 aromatic carbocycles. The van der Waals surface area contributed by atoms with Crippen LogP contribution in [0.4, 0.5) is 4.79 Å². The molecule has 0 radical (unpaired) electrons. The van der Waals surface area contributed by atoms with Crippen LogP contribution in [0.1, 0.15) is 59.3 Å². The molecule has 0 spiro atoms. The Morgan fingerprint density at radius 2 is 1.90 bits per heavy atom. The van der Waals surface area contributed by atoms with E-state index in [9.17, 15) is 4.79 Å². The topological polar surface area (TPSA) is 41.6 Å². The van der Waals surface area contributed by atoms with Gasteiger partial charge in [0.15, 0.2) is 0 Å². The average molecular weight is 282 g/mol. The van der Waals surface area contributed by atoms with Gasteiger partial charge in [-0.1, -0.05) is 12.8 Å². The fraction of sp³-hybridized carbons (Fsp3) is 0.938. The number of rotatable bonds is 3. The molecule has 0 aromatic rings. The Balaban J connectivity index is 1.73. The smallest absolute Gasteiger partial charge is 0.407 e. The quantitative estimate of drug-likeness (QED) is 0.864. The maximum Gasteiger partial charge on any atom is 0.407 e. The van der Waals surface area contributed by atoms with E-state index < -0.39 is 5.60 Å². The van der Waals surface area contributed by atoms with Crippen LogP contribution in [0.5, 0.6) is 0 Å². The summed E-state index contributed by atoms with van der Waals surface area (Å²) in [5.74, 6) is 0.885. The van der Waals surface area contributed by atoms with Gasteiger partial charge < -0.3 is 15.0 Å². The number of alkyl carbamates (subject to hydrolysis) is 1. The van der Waals surface area contributed by atoms with Gasteiger partial charge in [-0.15, -0.1) is 0 Å². The molecule has 2 rings (SSSR count). The predicted octanol–water partition coefficient (Wildman–Crippen LogP) is 3.17. The van der Waals surface area contributed by atoms with E-state index >= 15 is 0 Å². The second kappa shape index (κ2) is 6.79. The Hall–Kier alpha value is -0.770.